The molecule has 0 radical (unpaired) electrons. The molecule has 1 aliphatic rings. The van der Waals surface area contributed by atoms with Crippen LogP contribution in [0.1, 0.15) is 17.3 Å². The quantitative estimate of drug-likeness (QED) is 0.736. The first-order chi connectivity index (χ1) is 11.7. The van der Waals surface area contributed by atoms with Crippen LogP contribution in [0.15, 0.2) is 42.7 Å². The molecule has 0 atom stereocenters. The van der Waals surface area contributed by atoms with Crippen molar-refractivity contribution in [3.05, 3.63) is 48.3 Å². The lowest BCUT2D eigenvalue weighted by atomic mass is 10.1. The van der Waals surface area contributed by atoms with Gasteiger partial charge in [0.05, 0.1) is 10.2 Å². The lowest BCUT2D eigenvalue weighted by Gasteiger charge is -2.34. The van der Waals surface area contributed by atoms with Crippen LogP contribution in [0.5, 0.6) is 0 Å². The van der Waals surface area contributed by atoms with Crippen molar-refractivity contribution in [3.8, 4) is 5.13 Å². The molecule has 1 fully saturated rings. The molecule has 124 valence electrons. The van der Waals surface area contributed by atoms with Crippen LogP contribution in [0.3, 0.4) is 0 Å². The van der Waals surface area contributed by atoms with Crippen LogP contribution >= 0.6 is 11.3 Å². The summed E-state index contributed by atoms with van der Waals surface area (Å²) >= 11 is 1.61. The van der Waals surface area contributed by atoms with E-state index in [-0.39, 0.29) is 5.91 Å². The number of aromatic nitrogens is 2. The Balaban J connectivity index is 1.57. The third kappa shape index (κ3) is 2.83. The fourth-order valence-electron chi connectivity index (χ4n) is 3.07. The van der Waals surface area contributed by atoms with Gasteiger partial charge in [0, 0.05) is 44.1 Å². The number of piperazine rings is 1. The summed E-state index contributed by atoms with van der Waals surface area (Å²) in [6.07, 6.45) is 3.97. The summed E-state index contributed by atoms with van der Waals surface area (Å²) in [5, 5.41) is 0.927. The van der Waals surface area contributed by atoms with Crippen LogP contribution in [-0.2, 0) is 0 Å². The largest absolute Gasteiger partial charge is 0.336 e. The van der Waals surface area contributed by atoms with E-state index in [1.807, 2.05) is 52.2 Å². The van der Waals surface area contributed by atoms with Gasteiger partial charge in [-0.05, 0) is 36.9 Å². The highest BCUT2D eigenvalue weighted by molar-refractivity contribution is 7.20. The molecule has 1 amide bonds. The van der Waals surface area contributed by atoms with Gasteiger partial charge >= 0.3 is 0 Å². The normalized spacial score (nSPS) is 16.0. The molecule has 3 heterocycles. The van der Waals surface area contributed by atoms with Crippen LogP contribution in [0, 0.1) is 0 Å². The van der Waals surface area contributed by atoms with Gasteiger partial charge in [0.25, 0.3) is 5.91 Å². The van der Waals surface area contributed by atoms with Crippen molar-refractivity contribution in [2.24, 2.45) is 0 Å². The first-order valence-electron chi connectivity index (χ1n) is 8.30. The Morgan fingerprint density at radius 1 is 1.17 bits per heavy atom. The van der Waals surface area contributed by atoms with E-state index < -0.39 is 0 Å². The van der Waals surface area contributed by atoms with Gasteiger partial charge in [-0.1, -0.05) is 18.3 Å². The minimum Gasteiger partial charge on any atom is -0.336 e. The van der Waals surface area contributed by atoms with Gasteiger partial charge in [-0.3, -0.25) is 4.79 Å². The SMILES string of the molecule is CCN1CCN(C(=O)c2ccc3nc(-n4cccc4)sc3c2)CC1. The summed E-state index contributed by atoms with van der Waals surface area (Å²) in [5.74, 6) is 0.128. The summed E-state index contributed by atoms with van der Waals surface area (Å²) in [7, 11) is 0. The van der Waals surface area contributed by atoms with E-state index in [1.54, 1.807) is 11.3 Å². The second-order valence-corrected chi connectivity index (χ2v) is 7.00. The number of carbonyl (C=O) groups excluding carboxylic acids is 1. The number of carbonyl (C=O) groups is 1. The summed E-state index contributed by atoms with van der Waals surface area (Å²) < 4.78 is 3.05. The Labute approximate surface area is 145 Å². The highest BCUT2D eigenvalue weighted by Crippen LogP contribution is 2.26. The zero-order chi connectivity index (χ0) is 16.5. The lowest BCUT2D eigenvalue weighted by molar-refractivity contribution is 0.0643. The summed E-state index contributed by atoms with van der Waals surface area (Å²) in [4.78, 5) is 21.7. The molecule has 0 spiro atoms. The molecular formula is C18H20N4OS. The third-order valence-corrected chi connectivity index (χ3v) is 5.59. The standard InChI is InChI=1S/C18H20N4OS/c1-2-20-9-11-21(12-10-20)17(23)14-5-6-15-16(13-14)24-18(19-15)22-7-3-4-8-22/h3-8,13H,2,9-12H2,1H3. The van der Waals surface area contributed by atoms with E-state index in [1.165, 1.54) is 0 Å². The van der Waals surface area contributed by atoms with E-state index in [0.29, 0.717) is 0 Å². The van der Waals surface area contributed by atoms with Gasteiger partial charge in [-0.2, -0.15) is 0 Å². The Hall–Kier alpha value is -2.18. The highest BCUT2D eigenvalue weighted by atomic mass is 32.1. The molecule has 1 aliphatic heterocycles. The van der Waals surface area contributed by atoms with Crippen LogP contribution in [-0.4, -0.2) is 58.0 Å². The third-order valence-electron chi connectivity index (χ3n) is 4.56. The molecule has 0 N–H and O–H groups in total. The van der Waals surface area contributed by atoms with Crippen LogP contribution in [0.25, 0.3) is 15.3 Å². The minimum atomic E-state index is 0.128. The lowest BCUT2D eigenvalue weighted by Crippen LogP contribution is -2.48. The van der Waals surface area contributed by atoms with E-state index >= 15 is 0 Å². The van der Waals surface area contributed by atoms with Gasteiger partial charge < -0.3 is 14.4 Å². The molecule has 0 saturated carbocycles. The van der Waals surface area contributed by atoms with E-state index in [4.69, 9.17) is 0 Å². The van der Waals surface area contributed by atoms with Gasteiger partial charge in [0.1, 0.15) is 0 Å². The van der Waals surface area contributed by atoms with E-state index in [0.717, 1.165) is 53.6 Å². The smallest absolute Gasteiger partial charge is 0.253 e. The first kappa shape index (κ1) is 15.4. The molecule has 0 aliphatic carbocycles. The summed E-state index contributed by atoms with van der Waals surface area (Å²) in [6, 6.07) is 9.80. The number of fused-ring (bicyclic) bond motifs is 1. The maximum Gasteiger partial charge on any atom is 0.253 e. The van der Waals surface area contributed by atoms with E-state index in [2.05, 4.69) is 16.8 Å². The average Bonchev–Trinajstić information content (AvgIpc) is 3.29. The minimum absolute atomic E-state index is 0.128. The fraction of sp³-hybridized carbons (Fsp3) is 0.333. The Morgan fingerprint density at radius 2 is 1.92 bits per heavy atom. The molecule has 24 heavy (non-hydrogen) atoms. The second kappa shape index (κ2) is 6.37. The van der Waals surface area contributed by atoms with Crippen LogP contribution < -0.4 is 0 Å². The van der Waals surface area contributed by atoms with Gasteiger partial charge in [0.2, 0.25) is 0 Å². The predicted molar refractivity (Wildman–Crippen MR) is 97.0 cm³/mol. The number of hydrogen-bond acceptors (Lipinski definition) is 4. The Bertz CT molecular complexity index is 847. The number of amides is 1. The molecule has 6 heteroatoms. The highest BCUT2D eigenvalue weighted by Gasteiger charge is 2.21. The molecule has 4 rings (SSSR count). The molecule has 0 bridgehead atoms. The molecule has 0 unspecified atom stereocenters. The number of benzene rings is 1. The van der Waals surface area contributed by atoms with Crippen molar-refractivity contribution in [1.82, 2.24) is 19.4 Å². The number of nitrogens with zero attached hydrogens (tertiary/aromatic N) is 4. The fourth-order valence-corrected chi connectivity index (χ4v) is 4.04. The molecule has 2 aromatic heterocycles. The summed E-state index contributed by atoms with van der Waals surface area (Å²) in [6.45, 7) is 6.75. The van der Waals surface area contributed by atoms with Crippen molar-refractivity contribution >= 4 is 27.5 Å². The molecule has 3 aromatic rings. The molecule has 5 nitrogen and oxygen atoms in total. The monoisotopic (exact) mass is 340 g/mol. The van der Waals surface area contributed by atoms with Gasteiger partial charge in [-0.15, -0.1) is 0 Å². The number of thiazole rings is 1. The predicted octanol–water partition coefficient (Wildman–Crippen LogP) is 2.86. The van der Waals surface area contributed by atoms with Gasteiger partial charge in [0.15, 0.2) is 5.13 Å². The number of rotatable bonds is 3. The average molecular weight is 340 g/mol. The van der Waals surface area contributed by atoms with Crippen LogP contribution in [0.4, 0.5) is 0 Å². The topological polar surface area (TPSA) is 41.4 Å². The Morgan fingerprint density at radius 3 is 2.62 bits per heavy atom. The van der Waals surface area contributed by atoms with Crippen molar-refractivity contribution in [1.29, 1.82) is 0 Å². The van der Waals surface area contributed by atoms with Crippen LogP contribution in [0.2, 0.25) is 0 Å². The zero-order valence-electron chi connectivity index (χ0n) is 13.7. The maximum absolute atomic E-state index is 12.8. The Kier molecular flexibility index (Phi) is 4.08. The second-order valence-electron chi connectivity index (χ2n) is 6.00. The number of likely N-dealkylation sites (N-methyl/N-ethyl adjacent to an activating group) is 1. The molecular weight excluding hydrogens is 320 g/mol. The maximum atomic E-state index is 12.8. The van der Waals surface area contributed by atoms with Crippen molar-refractivity contribution < 1.29 is 4.79 Å². The van der Waals surface area contributed by atoms with Gasteiger partial charge in [-0.25, -0.2) is 4.98 Å². The van der Waals surface area contributed by atoms with E-state index in [9.17, 15) is 4.79 Å². The van der Waals surface area contributed by atoms with Crippen molar-refractivity contribution in [2.75, 3.05) is 32.7 Å². The van der Waals surface area contributed by atoms with Crippen molar-refractivity contribution in [2.45, 2.75) is 6.92 Å². The van der Waals surface area contributed by atoms with Crippen molar-refractivity contribution in [3.63, 3.8) is 0 Å². The molecule has 1 saturated heterocycles. The molecule has 1 aromatic carbocycles. The zero-order valence-corrected chi connectivity index (χ0v) is 14.5. The summed E-state index contributed by atoms with van der Waals surface area (Å²) in [5.41, 5.74) is 1.70. The first-order valence-corrected chi connectivity index (χ1v) is 9.12. The number of hydrogen-bond donors (Lipinski definition) is 0.